The SMILES string of the molecule is COc1cccc(/C=N/NC(=O)COc2cc(C)nc(N3CCCC3)n2)c1O. The zero-order chi connectivity index (χ0) is 19.9. The third-order valence-corrected chi connectivity index (χ3v) is 4.20. The van der Waals surface area contributed by atoms with Gasteiger partial charge in [-0.2, -0.15) is 10.1 Å². The number of aromatic nitrogens is 2. The molecule has 0 radical (unpaired) electrons. The highest BCUT2D eigenvalue weighted by Crippen LogP contribution is 2.27. The zero-order valence-corrected chi connectivity index (χ0v) is 15.9. The van der Waals surface area contributed by atoms with Crippen LogP contribution < -0.4 is 19.8 Å². The number of phenolic OH excluding ortho intramolecular Hbond substituents is 1. The number of methoxy groups -OCH3 is 1. The summed E-state index contributed by atoms with van der Waals surface area (Å²) in [4.78, 5) is 22.9. The maximum atomic E-state index is 11.9. The van der Waals surface area contributed by atoms with Gasteiger partial charge in [-0.3, -0.25) is 4.79 Å². The Balaban J connectivity index is 1.54. The molecule has 148 valence electrons. The lowest BCUT2D eigenvalue weighted by Gasteiger charge is -2.16. The van der Waals surface area contributed by atoms with Gasteiger partial charge in [0.2, 0.25) is 11.8 Å². The van der Waals surface area contributed by atoms with Gasteiger partial charge in [-0.15, -0.1) is 0 Å². The van der Waals surface area contributed by atoms with E-state index in [4.69, 9.17) is 9.47 Å². The van der Waals surface area contributed by atoms with Crippen molar-refractivity contribution in [2.45, 2.75) is 19.8 Å². The third-order valence-electron chi connectivity index (χ3n) is 4.20. The maximum absolute atomic E-state index is 11.9. The first-order valence-corrected chi connectivity index (χ1v) is 8.98. The van der Waals surface area contributed by atoms with E-state index in [0.29, 0.717) is 23.1 Å². The van der Waals surface area contributed by atoms with Crippen LogP contribution in [-0.2, 0) is 4.79 Å². The number of hydrogen-bond donors (Lipinski definition) is 2. The first-order valence-electron chi connectivity index (χ1n) is 8.98. The van der Waals surface area contributed by atoms with Gasteiger partial charge in [0.15, 0.2) is 18.1 Å². The van der Waals surface area contributed by atoms with Crippen LogP contribution in [0.2, 0.25) is 0 Å². The summed E-state index contributed by atoms with van der Waals surface area (Å²) in [7, 11) is 1.46. The molecule has 1 amide bonds. The van der Waals surface area contributed by atoms with Crippen molar-refractivity contribution in [3.8, 4) is 17.4 Å². The first-order chi connectivity index (χ1) is 13.6. The molecule has 1 fully saturated rings. The number of ether oxygens (including phenoxy) is 2. The number of carbonyl (C=O) groups is 1. The number of phenols is 1. The highest BCUT2D eigenvalue weighted by Gasteiger charge is 2.16. The standard InChI is InChI=1S/C19H23N5O4/c1-13-10-17(22-19(21-13)24-8-3-4-9-24)28-12-16(25)23-20-11-14-6-5-7-15(27-2)18(14)26/h5-7,10-11,26H,3-4,8-9,12H2,1-2H3,(H,23,25)/b20-11+. The third kappa shape index (κ3) is 4.87. The van der Waals surface area contributed by atoms with E-state index in [1.807, 2.05) is 6.92 Å². The molecule has 2 heterocycles. The van der Waals surface area contributed by atoms with Crippen molar-refractivity contribution in [1.82, 2.24) is 15.4 Å². The maximum Gasteiger partial charge on any atom is 0.278 e. The van der Waals surface area contributed by atoms with Gasteiger partial charge in [0.05, 0.1) is 13.3 Å². The predicted octanol–water partition coefficient (Wildman–Crippen LogP) is 1.63. The number of benzene rings is 1. The molecular weight excluding hydrogens is 362 g/mol. The molecule has 28 heavy (non-hydrogen) atoms. The largest absolute Gasteiger partial charge is 0.504 e. The Hall–Kier alpha value is -3.36. The van der Waals surface area contributed by atoms with Gasteiger partial charge in [-0.1, -0.05) is 6.07 Å². The molecule has 1 aromatic carbocycles. The van der Waals surface area contributed by atoms with Gasteiger partial charge in [-0.25, -0.2) is 10.4 Å². The van der Waals surface area contributed by atoms with Gasteiger partial charge < -0.3 is 19.5 Å². The van der Waals surface area contributed by atoms with Crippen LogP contribution in [0.15, 0.2) is 29.4 Å². The molecule has 1 aliphatic rings. The minimum Gasteiger partial charge on any atom is -0.504 e. The van der Waals surface area contributed by atoms with E-state index in [1.54, 1.807) is 24.3 Å². The molecule has 0 aliphatic carbocycles. The van der Waals surface area contributed by atoms with Gasteiger partial charge in [0.1, 0.15) is 0 Å². The summed E-state index contributed by atoms with van der Waals surface area (Å²) in [5.74, 6) is 0.799. The van der Waals surface area contributed by atoms with Crippen molar-refractivity contribution in [1.29, 1.82) is 0 Å². The van der Waals surface area contributed by atoms with E-state index in [1.165, 1.54) is 13.3 Å². The highest BCUT2D eigenvalue weighted by molar-refractivity contribution is 5.86. The molecule has 0 spiro atoms. The molecule has 0 atom stereocenters. The number of aromatic hydroxyl groups is 1. The Morgan fingerprint density at radius 2 is 2.14 bits per heavy atom. The van der Waals surface area contributed by atoms with Crippen LogP contribution in [0.3, 0.4) is 0 Å². The summed E-state index contributed by atoms with van der Waals surface area (Å²) < 4.78 is 10.5. The van der Waals surface area contributed by atoms with Crippen molar-refractivity contribution in [3.63, 3.8) is 0 Å². The van der Waals surface area contributed by atoms with Gasteiger partial charge >= 0.3 is 0 Å². The molecule has 9 nitrogen and oxygen atoms in total. The number of aryl methyl sites for hydroxylation is 1. The molecule has 9 heteroatoms. The topological polar surface area (TPSA) is 109 Å². The van der Waals surface area contributed by atoms with E-state index in [9.17, 15) is 9.90 Å². The van der Waals surface area contributed by atoms with Crippen molar-refractivity contribution in [2.24, 2.45) is 5.10 Å². The number of carbonyl (C=O) groups excluding carboxylic acids is 1. The second kappa shape index (κ2) is 9.03. The van der Waals surface area contributed by atoms with Crippen LogP contribution >= 0.6 is 0 Å². The quantitative estimate of drug-likeness (QED) is 0.551. The lowest BCUT2D eigenvalue weighted by Crippen LogP contribution is -2.25. The molecule has 1 aliphatic heterocycles. The van der Waals surface area contributed by atoms with E-state index < -0.39 is 5.91 Å². The van der Waals surface area contributed by atoms with Crippen LogP contribution in [0.5, 0.6) is 17.4 Å². The average molecular weight is 385 g/mol. The number of nitrogens with zero attached hydrogens (tertiary/aromatic N) is 4. The summed E-state index contributed by atoms with van der Waals surface area (Å²) in [5.41, 5.74) is 3.55. The lowest BCUT2D eigenvalue weighted by molar-refractivity contribution is -0.123. The second-order valence-corrected chi connectivity index (χ2v) is 6.32. The van der Waals surface area contributed by atoms with Crippen molar-refractivity contribution in [3.05, 3.63) is 35.5 Å². The van der Waals surface area contributed by atoms with Crippen LogP contribution in [-0.4, -0.2) is 54.0 Å². The van der Waals surface area contributed by atoms with Crippen LogP contribution in [0.1, 0.15) is 24.1 Å². The van der Waals surface area contributed by atoms with Gasteiger partial charge in [0.25, 0.3) is 5.91 Å². The summed E-state index contributed by atoms with van der Waals surface area (Å²) in [6.07, 6.45) is 3.57. The van der Waals surface area contributed by atoms with Crippen molar-refractivity contribution >= 4 is 18.1 Å². The predicted molar refractivity (Wildman–Crippen MR) is 104 cm³/mol. The molecule has 1 aromatic heterocycles. The Labute approximate surface area is 163 Å². The van der Waals surface area contributed by atoms with Gasteiger partial charge in [-0.05, 0) is 31.9 Å². The Morgan fingerprint density at radius 1 is 1.36 bits per heavy atom. The van der Waals surface area contributed by atoms with Crippen LogP contribution in [0.25, 0.3) is 0 Å². The summed E-state index contributed by atoms with van der Waals surface area (Å²) in [5, 5.41) is 13.8. The number of rotatable bonds is 7. The molecule has 0 saturated carbocycles. The van der Waals surface area contributed by atoms with E-state index in [-0.39, 0.29) is 12.4 Å². The fraction of sp³-hybridized carbons (Fsp3) is 0.368. The number of para-hydroxylation sites is 1. The minimum atomic E-state index is -0.447. The number of amides is 1. The highest BCUT2D eigenvalue weighted by atomic mass is 16.5. The van der Waals surface area contributed by atoms with Gasteiger partial charge in [0, 0.05) is 30.4 Å². The summed E-state index contributed by atoms with van der Waals surface area (Å²) in [6, 6.07) is 6.66. The lowest BCUT2D eigenvalue weighted by atomic mass is 10.2. The molecule has 1 saturated heterocycles. The molecule has 2 N–H and O–H groups in total. The molecule has 0 unspecified atom stereocenters. The number of nitrogens with one attached hydrogen (secondary N) is 1. The minimum absolute atomic E-state index is 0.0508. The van der Waals surface area contributed by atoms with Crippen molar-refractivity contribution < 1.29 is 19.4 Å². The summed E-state index contributed by atoms with van der Waals surface area (Å²) >= 11 is 0. The van der Waals surface area contributed by atoms with Crippen LogP contribution in [0, 0.1) is 6.92 Å². The van der Waals surface area contributed by atoms with Crippen LogP contribution in [0.4, 0.5) is 5.95 Å². The first kappa shape index (κ1) is 19.4. The fourth-order valence-electron chi connectivity index (χ4n) is 2.81. The molecule has 2 aromatic rings. The molecular formula is C19H23N5O4. The molecule has 3 rings (SSSR count). The Kier molecular flexibility index (Phi) is 6.25. The normalized spacial score (nSPS) is 13.7. The monoisotopic (exact) mass is 385 g/mol. The van der Waals surface area contributed by atoms with Crippen molar-refractivity contribution in [2.75, 3.05) is 31.7 Å². The number of hydrogen-bond acceptors (Lipinski definition) is 8. The second-order valence-electron chi connectivity index (χ2n) is 6.32. The Morgan fingerprint density at radius 3 is 2.89 bits per heavy atom. The smallest absolute Gasteiger partial charge is 0.278 e. The van der Waals surface area contributed by atoms with E-state index >= 15 is 0 Å². The van der Waals surface area contributed by atoms with E-state index in [2.05, 4.69) is 25.4 Å². The number of hydrazone groups is 1. The number of anilines is 1. The zero-order valence-electron chi connectivity index (χ0n) is 15.9. The Bertz CT molecular complexity index is 865. The summed E-state index contributed by atoms with van der Waals surface area (Å²) in [6.45, 7) is 3.47. The fourth-order valence-corrected chi connectivity index (χ4v) is 2.81. The average Bonchev–Trinajstić information content (AvgIpc) is 3.22. The molecule has 0 bridgehead atoms. The van der Waals surface area contributed by atoms with E-state index in [0.717, 1.165) is 31.6 Å².